The summed E-state index contributed by atoms with van der Waals surface area (Å²) in [5.41, 5.74) is 1.67. The zero-order chi connectivity index (χ0) is 15.9. The third kappa shape index (κ3) is 2.35. The van der Waals surface area contributed by atoms with Crippen LogP contribution < -0.4 is 10.6 Å². The fourth-order valence-corrected chi connectivity index (χ4v) is 4.80. The topological polar surface area (TPSA) is 45.7 Å². The number of ether oxygens (including phenoxy) is 1. The third-order valence-corrected chi connectivity index (χ3v) is 6.20. The number of hydrogen-bond donors (Lipinski definition) is 2. The van der Waals surface area contributed by atoms with Gasteiger partial charge in [-0.15, -0.1) is 0 Å². The van der Waals surface area contributed by atoms with Gasteiger partial charge in [0.1, 0.15) is 0 Å². The monoisotopic (exact) mass is 313 g/mol. The lowest BCUT2D eigenvalue weighted by molar-refractivity contribution is -0.171. The molecule has 4 heteroatoms. The number of aliphatic imine (C=N–C) groups is 1. The Morgan fingerprint density at radius 3 is 2.74 bits per heavy atom. The molecule has 4 rings (SSSR count). The molecule has 2 N–H and O–H groups in total. The molecule has 1 saturated heterocycles. The Bertz CT molecular complexity index is 582. The first-order chi connectivity index (χ1) is 11.2. The van der Waals surface area contributed by atoms with Crippen molar-refractivity contribution in [1.82, 2.24) is 10.6 Å². The van der Waals surface area contributed by atoms with E-state index in [1.54, 1.807) is 0 Å². The van der Waals surface area contributed by atoms with Gasteiger partial charge in [-0.2, -0.15) is 0 Å². The zero-order valence-electron chi connectivity index (χ0n) is 14.1. The van der Waals surface area contributed by atoms with Crippen LogP contribution in [0.5, 0.6) is 0 Å². The molecule has 1 aromatic carbocycles. The maximum atomic E-state index is 6.01. The van der Waals surface area contributed by atoms with Crippen molar-refractivity contribution in [3.05, 3.63) is 35.9 Å². The summed E-state index contributed by atoms with van der Waals surface area (Å²) in [7, 11) is 1.86. The van der Waals surface area contributed by atoms with Gasteiger partial charge in [0.15, 0.2) is 5.96 Å². The molecule has 2 saturated carbocycles. The van der Waals surface area contributed by atoms with Gasteiger partial charge in [0.05, 0.1) is 12.1 Å². The average molecular weight is 313 g/mol. The first-order valence-electron chi connectivity index (χ1n) is 8.91. The molecule has 0 bridgehead atoms. The Kier molecular flexibility index (Phi) is 3.80. The van der Waals surface area contributed by atoms with Gasteiger partial charge in [-0.25, -0.2) is 0 Å². The van der Waals surface area contributed by atoms with E-state index < -0.39 is 0 Å². The van der Waals surface area contributed by atoms with E-state index in [0.29, 0.717) is 23.5 Å². The molecule has 4 unspecified atom stereocenters. The van der Waals surface area contributed by atoms with Crippen molar-refractivity contribution in [3.8, 4) is 0 Å². The minimum absolute atomic E-state index is 0.246. The SMILES string of the molecule is CN=C(NC(C)c1ccccc1)NC1C2CCOC2C12CCC2. The van der Waals surface area contributed by atoms with Gasteiger partial charge in [-0.05, 0) is 31.7 Å². The van der Waals surface area contributed by atoms with E-state index >= 15 is 0 Å². The first-order valence-corrected chi connectivity index (χ1v) is 8.91. The van der Waals surface area contributed by atoms with Crippen LogP contribution in [0.3, 0.4) is 0 Å². The van der Waals surface area contributed by atoms with Gasteiger partial charge in [-0.1, -0.05) is 36.8 Å². The van der Waals surface area contributed by atoms with Gasteiger partial charge < -0.3 is 15.4 Å². The van der Waals surface area contributed by atoms with Crippen LogP contribution in [0.25, 0.3) is 0 Å². The molecule has 1 aliphatic heterocycles. The Morgan fingerprint density at radius 1 is 1.30 bits per heavy atom. The summed E-state index contributed by atoms with van der Waals surface area (Å²) in [6.45, 7) is 3.12. The van der Waals surface area contributed by atoms with Crippen LogP contribution in [0.4, 0.5) is 0 Å². The number of nitrogens with one attached hydrogen (secondary N) is 2. The highest BCUT2D eigenvalue weighted by Crippen LogP contribution is 2.62. The lowest BCUT2D eigenvalue weighted by Gasteiger charge is -2.63. The second-order valence-corrected chi connectivity index (χ2v) is 7.30. The van der Waals surface area contributed by atoms with Gasteiger partial charge >= 0.3 is 0 Å². The fraction of sp³-hybridized carbons (Fsp3) is 0.632. The number of benzene rings is 1. The Balaban J connectivity index is 1.43. The molecule has 4 nitrogen and oxygen atoms in total. The van der Waals surface area contributed by atoms with Crippen molar-refractivity contribution in [2.24, 2.45) is 16.3 Å². The zero-order valence-corrected chi connectivity index (χ0v) is 14.1. The largest absolute Gasteiger partial charge is 0.377 e. The van der Waals surface area contributed by atoms with Crippen LogP contribution >= 0.6 is 0 Å². The number of nitrogens with zero attached hydrogens (tertiary/aromatic N) is 1. The number of rotatable bonds is 3. The molecule has 1 heterocycles. The van der Waals surface area contributed by atoms with E-state index in [0.717, 1.165) is 12.6 Å². The highest BCUT2D eigenvalue weighted by molar-refractivity contribution is 5.80. The van der Waals surface area contributed by atoms with Crippen LogP contribution in [0.2, 0.25) is 0 Å². The Labute approximate surface area is 138 Å². The minimum Gasteiger partial charge on any atom is -0.377 e. The highest BCUT2D eigenvalue weighted by Gasteiger charge is 2.66. The molecule has 3 aliphatic rings. The summed E-state index contributed by atoms with van der Waals surface area (Å²) >= 11 is 0. The van der Waals surface area contributed by atoms with Crippen molar-refractivity contribution in [2.45, 2.75) is 50.8 Å². The number of fused-ring (bicyclic) bond motifs is 2. The van der Waals surface area contributed by atoms with Gasteiger partial charge in [0, 0.05) is 31.0 Å². The standard InChI is InChI=1S/C19H27N3O/c1-13(14-7-4-3-5-8-14)21-18(20-2)22-16-15-9-12-23-17(15)19(16)10-6-11-19/h3-5,7-8,13,15-17H,6,9-12H2,1-2H3,(H2,20,21,22). The van der Waals surface area contributed by atoms with Gasteiger partial charge in [0.2, 0.25) is 0 Å². The van der Waals surface area contributed by atoms with Gasteiger partial charge in [-0.3, -0.25) is 4.99 Å². The van der Waals surface area contributed by atoms with E-state index in [-0.39, 0.29) is 6.04 Å². The van der Waals surface area contributed by atoms with E-state index in [9.17, 15) is 0 Å². The average Bonchev–Trinajstić information content (AvgIpc) is 2.95. The van der Waals surface area contributed by atoms with E-state index in [1.807, 2.05) is 7.05 Å². The lowest BCUT2D eigenvalue weighted by Crippen LogP contribution is -2.72. The molecule has 0 amide bonds. The van der Waals surface area contributed by atoms with Crippen molar-refractivity contribution in [3.63, 3.8) is 0 Å². The Hall–Kier alpha value is -1.55. The maximum Gasteiger partial charge on any atom is 0.191 e. The molecule has 3 fully saturated rings. The molecular formula is C19H27N3O. The molecule has 4 atom stereocenters. The fourth-order valence-electron chi connectivity index (χ4n) is 4.80. The predicted octanol–water partition coefficient (Wildman–Crippen LogP) is 2.87. The molecule has 124 valence electrons. The quantitative estimate of drug-likeness (QED) is 0.666. The van der Waals surface area contributed by atoms with E-state index in [1.165, 1.54) is 31.2 Å². The number of hydrogen-bond acceptors (Lipinski definition) is 2. The molecule has 1 spiro atoms. The van der Waals surface area contributed by atoms with Crippen LogP contribution in [0, 0.1) is 11.3 Å². The summed E-state index contributed by atoms with van der Waals surface area (Å²) in [5, 5.41) is 7.27. The molecule has 23 heavy (non-hydrogen) atoms. The second kappa shape index (κ2) is 5.82. The van der Waals surface area contributed by atoms with Crippen molar-refractivity contribution in [2.75, 3.05) is 13.7 Å². The molecule has 1 aromatic rings. The third-order valence-electron chi connectivity index (χ3n) is 6.20. The van der Waals surface area contributed by atoms with E-state index in [4.69, 9.17) is 4.74 Å². The highest BCUT2D eigenvalue weighted by atomic mass is 16.5. The number of guanidine groups is 1. The molecular weight excluding hydrogens is 286 g/mol. The summed E-state index contributed by atoms with van der Waals surface area (Å²) in [4.78, 5) is 4.47. The summed E-state index contributed by atoms with van der Waals surface area (Å²) < 4.78 is 6.01. The minimum atomic E-state index is 0.246. The maximum absolute atomic E-state index is 6.01. The van der Waals surface area contributed by atoms with Crippen LogP contribution in [-0.2, 0) is 4.74 Å². The van der Waals surface area contributed by atoms with E-state index in [2.05, 4.69) is 52.9 Å². The van der Waals surface area contributed by atoms with Crippen LogP contribution in [0.1, 0.15) is 44.2 Å². The van der Waals surface area contributed by atoms with Crippen molar-refractivity contribution in [1.29, 1.82) is 0 Å². The smallest absolute Gasteiger partial charge is 0.191 e. The molecule has 0 aromatic heterocycles. The molecule has 2 aliphatic carbocycles. The molecule has 0 radical (unpaired) electrons. The van der Waals surface area contributed by atoms with Crippen molar-refractivity contribution >= 4 is 5.96 Å². The van der Waals surface area contributed by atoms with Crippen LogP contribution in [0.15, 0.2) is 35.3 Å². The summed E-state index contributed by atoms with van der Waals surface area (Å²) in [6, 6.07) is 11.3. The van der Waals surface area contributed by atoms with Crippen molar-refractivity contribution < 1.29 is 4.74 Å². The summed E-state index contributed by atoms with van der Waals surface area (Å²) in [6.07, 6.45) is 5.64. The normalized spacial score (nSPS) is 32.6. The second-order valence-electron chi connectivity index (χ2n) is 7.30. The lowest BCUT2D eigenvalue weighted by atomic mass is 9.46. The predicted molar refractivity (Wildman–Crippen MR) is 92.4 cm³/mol. The van der Waals surface area contributed by atoms with Gasteiger partial charge in [0.25, 0.3) is 0 Å². The van der Waals surface area contributed by atoms with Crippen LogP contribution in [-0.4, -0.2) is 31.8 Å². The Morgan fingerprint density at radius 2 is 2.09 bits per heavy atom. The first kappa shape index (κ1) is 15.0. The summed E-state index contributed by atoms with van der Waals surface area (Å²) in [5.74, 6) is 1.59.